The van der Waals surface area contributed by atoms with Gasteiger partial charge in [0.25, 0.3) is 0 Å². The highest BCUT2D eigenvalue weighted by molar-refractivity contribution is 5.82. The second kappa shape index (κ2) is 4.94. The number of ether oxygens (including phenoxy) is 1. The second-order valence-corrected chi connectivity index (χ2v) is 2.97. The first-order chi connectivity index (χ1) is 6.25. The number of primary amides is 1. The molecule has 0 aromatic heterocycles. The van der Waals surface area contributed by atoms with Gasteiger partial charge in [-0.3, -0.25) is 9.69 Å². The molecule has 0 saturated carbocycles. The van der Waals surface area contributed by atoms with Crippen LogP contribution in [0.1, 0.15) is 6.42 Å². The molecule has 1 aliphatic heterocycles. The van der Waals surface area contributed by atoms with Crippen LogP contribution in [0.3, 0.4) is 0 Å². The molecule has 1 rings (SSSR count). The Bertz CT molecular complexity index is 190. The number of nitrogens with zero attached hydrogens (tertiary/aromatic N) is 1. The zero-order valence-corrected chi connectivity index (χ0v) is 7.44. The Kier molecular flexibility index (Phi) is 3.85. The number of rotatable bonds is 4. The molecule has 0 radical (unpaired) electrons. The average molecular weight is 186 g/mol. The molecule has 0 aromatic carbocycles. The standard InChI is InChI=1S/C8H14N2O3/c9-8(12)7(1-4-11)10-2-5-13-6-3-10/h4,7H,1-3,5-6H2,(H2,9,12). The SMILES string of the molecule is NC(=O)C(CC=O)N1CCOCC1. The van der Waals surface area contributed by atoms with E-state index >= 15 is 0 Å². The lowest BCUT2D eigenvalue weighted by molar-refractivity contribution is -0.127. The fraction of sp³-hybridized carbons (Fsp3) is 0.750. The third-order valence-corrected chi connectivity index (χ3v) is 2.13. The van der Waals surface area contributed by atoms with Crippen molar-refractivity contribution in [2.45, 2.75) is 12.5 Å². The van der Waals surface area contributed by atoms with Crippen LogP contribution in [0.5, 0.6) is 0 Å². The number of hydrogen-bond donors (Lipinski definition) is 1. The van der Waals surface area contributed by atoms with Crippen LogP contribution in [-0.2, 0) is 14.3 Å². The van der Waals surface area contributed by atoms with Crippen molar-refractivity contribution in [3.8, 4) is 0 Å². The third-order valence-electron chi connectivity index (χ3n) is 2.13. The summed E-state index contributed by atoms with van der Waals surface area (Å²) in [5.41, 5.74) is 5.17. The van der Waals surface area contributed by atoms with Crippen LogP contribution in [0.25, 0.3) is 0 Å². The van der Waals surface area contributed by atoms with Crippen LogP contribution >= 0.6 is 0 Å². The Morgan fingerprint density at radius 1 is 1.54 bits per heavy atom. The first-order valence-electron chi connectivity index (χ1n) is 4.30. The van der Waals surface area contributed by atoms with Crippen LogP contribution in [0.15, 0.2) is 0 Å². The molecule has 1 atom stereocenters. The zero-order chi connectivity index (χ0) is 9.68. The molecule has 74 valence electrons. The maximum Gasteiger partial charge on any atom is 0.235 e. The highest BCUT2D eigenvalue weighted by atomic mass is 16.5. The highest BCUT2D eigenvalue weighted by Gasteiger charge is 2.24. The Morgan fingerprint density at radius 3 is 2.62 bits per heavy atom. The van der Waals surface area contributed by atoms with Crippen molar-refractivity contribution in [1.82, 2.24) is 4.90 Å². The molecular weight excluding hydrogens is 172 g/mol. The quantitative estimate of drug-likeness (QED) is 0.557. The molecule has 1 saturated heterocycles. The third kappa shape index (κ3) is 2.78. The largest absolute Gasteiger partial charge is 0.379 e. The first kappa shape index (κ1) is 10.1. The molecule has 1 unspecified atom stereocenters. The van der Waals surface area contributed by atoms with Gasteiger partial charge in [-0.2, -0.15) is 0 Å². The summed E-state index contributed by atoms with van der Waals surface area (Å²) in [6, 6.07) is -0.457. The van der Waals surface area contributed by atoms with Crippen molar-refractivity contribution in [2.75, 3.05) is 26.3 Å². The maximum atomic E-state index is 11.0. The number of morpholine rings is 1. The van der Waals surface area contributed by atoms with Crippen LogP contribution in [-0.4, -0.2) is 49.4 Å². The molecule has 0 spiro atoms. The minimum absolute atomic E-state index is 0.176. The van der Waals surface area contributed by atoms with Crippen molar-refractivity contribution in [1.29, 1.82) is 0 Å². The molecule has 1 heterocycles. The van der Waals surface area contributed by atoms with Gasteiger partial charge in [0.05, 0.1) is 19.3 Å². The van der Waals surface area contributed by atoms with Gasteiger partial charge in [-0.25, -0.2) is 0 Å². The van der Waals surface area contributed by atoms with E-state index in [1.807, 2.05) is 4.90 Å². The maximum absolute atomic E-state index is 11.0. The van der Waals surface area contributed by atoms with Crippen molar-refractivity contribution < 1.29 is 14.3 Å². The van der Waals surface area contributed by atoms with Gasteiger partial charge in [0.15, 0.2) is 0 Å². The van der Waals surface area contributed by atoms with E-state index in [-0.39, 0.29) is 6.42 Å². The Hall–Kier alpha value is -0.940. The van der Waals surface area contributed by atoms with E-state index in [9.17, 15) is 9.59 Å². The molecule has 2 N–H and O–H groups in total. The highest BCUT2D eigenvalue weighted by Crippen LogP contribution is 2.05. The number of hydrogen-bond acceptors (Lipinski definition) is 4. The molecule has 5 heteroatoms. The van der Waals surface area contributed by atoms with Crippen molar-refractivity contribution >= 4 is 12.2 Å². The van der Waals surface area contributed by atoms with Gasteiger partial charge >= 0.3 is 0 Å². The molecular formula is C8H14N2O3. The minimum atomic E-state index is -0.457. The summed E-state index contributed by atoms with van der Waals surface area (Å²) in [6.45, 7) is 2.54. The normalized spacial score (nSPS) is 20.9. The monoisotopic (exact) mass is 186 g/mol. The van der Waals surface area contributed by atoms with E-state index in [0.717, 1.165) is 6.29 Å². The van der Waals surface area contributed by atoms with E-state index in [1.165, 1.54) is 0 Å². The smallest absolute Gasteiger partial charge is 0.235 e. The van der Waals surface area contributed by atoms with Gasteiger partial charge in [-0.15, -0.1) is 0 Å². The molecule has 1 aliphatic rings. The summed E-state index contributed by atoms with van der Waals surface area (Å²) < 4.78 is 5.13. The Balaban J connectivity index is 2.51. The second-order valence-electron chi connectivity index (χ2n) is 2.97. The van der Waals surface area contributed by atoms with Gasteiger partial charge in [0.2, 0.25) is 5.91 Å². The minimum Gasteiger partial charge on any atom is -0.379 e. The lowest BCUT2D eigenvalue weighted by Crippen LogP contribution is -2.49. The van der Waals surface area contributed by atoms with Gasteiger partial charge in [0.1, 0.15) is 6.29 Å². The van der Waals surface area contributed by atoms with E-state index < -0.39 is 11.9 Å². The van der Waals surface area contributed by atoms with Gasteiger partial charge in [0, 0.05) is 19.5 Å². The van der Waals surface area contributed by atoms with Crippen LogP contribution in [0.2, 0.25) is 0 Å². The predicted octanol–water partition coefficient (Wildman–Crippen LogP) is -1.24. The molecule has 0 bridgehead atoms. The molecule has 5 nitrogen and oxygen atoms in total. The number of carbonyl (C=O) groups is 2. The van der Waals surface area contributed by atoms with Gasteiger partial charge < -0.3 is 15.3 Å². The van der Waals surface area contributed by atoms with E-state index in [0.29, 0.717) is 26.3 Å². The Labute approximate surface area is 76.8 Å². The van der Waals surface area contributed by atoms with E-state index in [4.69, 9.17) is 10.5 Å². The molecule has 0 aliphatic carbocycles. The molecule has 13 heavy (non-hydrogen) atoms. The van der Waals surface area contributed by atoms with E-state index in [2.05, 4.69) is 0 Å². The van der Waals surface area contributed by atoms with Crippen molar-refractivity contribution in [3.63, 3.8) is 0 Å². The summed E-state index contributed by atoms with van der Waals surface area (Å²) in [6.07, 6.45) is 0.903. The number of carbonyl (C=O) groups excluding carboxylic acids is 2. The van der Waals surface area contributed by atoms with Crippen molar-refractivity contribution in [2.24, 2.45) is 5.73 Å². The Morgan fingerprint density at radius 2 is 2.15 bits per heavy atom. The summed E-state index contributed by atoms with van der Waals surface area (Å²) in [5.74, 6) is -0.436. The predicted molar refractivity (Wildman–Crippen MR) is 46.1 cm³/mol. The average Bonchev–Trinajstić information content (AvgIpc) is 2.15. The summed E-state index contributed by atoms with van der Waals surface area (Å²) in [4.78, 5) is 23.2. The van der Waals surface area contributed by atoms with Gasteiger partial charge in [-0.1, -0.05) is 0 Å². The van der Waals surface area contributed by atoms with Crippen molar-refractivity contribution in [3.05, 3.63) is 0 Å². The van der Waals surface area contributed by atoms with Crippen LogP contribution in [0.4, 0.5) is 0 Å². The fourth-order valence-corrected chi connectivity index (χ4v) is 1.43. The number of nitrogens with two attached hydrogens (primary N) is 1. The lowest BCUT2D eigenvalue weighted by Gasteiger charge is -2.31. The summed E-state index contributed by atoms with van der Waals surface area (Å²) in [7, 11) is 0. The topological polar surface area (TPSA) is 72.6 Å². The number of aldehydes is 1. The molecule has 0 aromatic rings. The summed E-state index contributed by atoms with van der Waals surface area (Å²) in [5, 5.41) is 0. The fourth-order valence-electron chi connectivity index (χ4n) is 1.43. The van der Waals surface area contributed by atoms with E-state index in [1.54, 1.807) is 0 Å². The van der Waals surface area contributed by atoms with Crippen LogP contribution in [0, 0.1) is 0 Å². The first-order valence-corrected chi connectivity index (χ1v) is 4.30. The summed E-state index contributed by atoms with van der Waals surface area (Å²) >= 11 is 0. The zero-order valence-electron chi connectivity index (χ0n) is 7.44. The van der Waals surface area contributed by atoms with Crippen LogP contribution < -0.4 is 5.73 Å². The molecule has 1 fully saturated rings. The lowest BCUT2D eigenvalue weighted by atomic mass is 10.1. The molecule has 1 amide bonds. The van der Waals surface area contributed by atoms with Gasteiger partial charge in [-0.05, 0) is 0 Å². The number of amides is 1.